The Kier molecular flexibility index (Phi) is 5.95. The number of hydrogen-bond donors (Lipinski definition) is 2. The molecule has 2 N–H and O–H groups in total. The van der Waals surface area contributed by atoms with Crippen molar-refractivity contribution in [3.05, 3.63) is 36.3 Å². The third-order valence-electron chi connectivity index (χ3n) is 3.55. The number of carbonyl (C=O) groups excluding carboxylic acids is 1. The standard InChI is InChI=1S/C17H22N4O3/c1-5-11(2)20-16-10-18-14(9-19-16)17(22)21-13-8-12(23-3)6-7-15(13)24-4/h6-11H,5H2,1-4H3,(H,19,20)(H,21,22). The highest BCUT2D eigenvalue weighted by Gasteiger charge is 2.13. The van der Waals surface area contributed by atoms with E-state index in [2.05, 4.69) is 34.4 Å². The quantitative estimate of drug-likeness (QED) is 0.812. The Morgan fingerprint density at radius 3 is 2.58 bits per heavy atom. The van der Waals surface area contributed by atoms with Crippen LogP contribution in [0.1, 0.15) is 30.8 Å². The number of rotatable bonds is 7. The van der Waals surface area contributed by atoms with Gasteiger partial charge in [-0.25, -0.2) is 9.97 Å². The second-order valence-corrected chi connectivity index (χ2v) is 5.26. The largest absolute Gasteiger partial charge is 0.497 e. The molecule has 1 atom stereocenters. The molecule has 0 aliphatic carbocycles. The molecule has 0 bridgehead atoms. The third-order valence-corrected chi connectivity index (χ3v) is 3.55. The van der Waals surface area contributed by atoms with Gasteiger partial charge in [0.15, 0.2) is 0 Å². The summed E-state index contributed by atoms with van der Waals surface area (Å²) in [5, 5.41) is 5.96. The maximum Gasteiger partial charge on any atom is 0.275 e. The summed E-state index contributed by atoms with van der Waals surface area (Å²) in [5.74, 6) is 1.42. The second kappa shape index (κ2) is 8.14. The van der Waals surface area contributed by atoms with Crippen molar-refractivity contribution in [1.82, 2.24) is 9.97 Å². The highest BCUT2D eigenvalue weighted by molar-refractivity contribution is 6.03. The Hall–Kier alpha value is -2.83. The summed E-state index contributed by atoms with van der Waals surface area (Å²) in [6.45, 7) is 4.13. The molecule has 1 heterocycles. The van der Waals surface area contributed by atoms with Crippen molar-refractivity contribution in [2.24, 2.45) is 0 Å². The van der Waals surface area contributed by atoms with Gasteiger partial charge >= 0.3 is 0 Å². The van der Waals surface area contributed by atoms with Crippen molar-refractivity contribution in [2.75, 3.05) is 24.9 Å². The Bertz CT molecular complexity index is 689. The summed E-state index contributed by atoms with van der Waals surface area (Å²) in [6, 6.07) is 5.45. The first-order valence-corrected chi connectivity index (χ1v) is 7.69. The summed E-state index contributed by atoms with van der Waals surface area (Å²) in [4.78, 5) is 20.7. The first-order chi connectivity index (χ1) is 11.6. The second-order valence-electron chi connectivity index (χ2n) is 5.26. The molecule has 0 aliphatic rings. The molecule has 1 amide bonds. The van der Waals surface area contributed by atoms with Gasteiger partial charge in [-0.3, -0.25) is 4.79 Å². The Morgan fingerprint density at radius 2 is 2.00 bits per heavy atom. The lowest BCUT2D eigenvalue weighted by Crippen LogP contribution is -2.17. The van der Waals surface area contributed by atoms with Crippen molar-refractivity contribution >= 4 is 17.4 Å². The van der Waals surface area contributed by atoms with Crippen LogP contribution in [0.15, 0.2) is 30.6 Å². The summed E-state index contributed by atoms with van der Waals surface area (Å²) < 4.78 is 10.4. The molecule has 0 aliphatic heterocycles. The van der Waals surface area contributed by atoms with Crippen LogP contribution in [0, 0.1) is 0 Å². The lowest BCUT2D eigenvalue weighted by molar-refractivity contribution is 0.102. The lowest BCUT2D eigenvalue weighted by atomic mass is 10.2. The zero-order valence-electron chi connectivity index (χ0n) is 14.3. The first kappa shape index (κ1) is 17.5. The Balaban J connectivity index is 2.12. The van der Waals surface area contributed by atoms with E-state index >= 15 is 0 Å². The fourth-order valence-electron chi connectivity index (χ4n) is 1.97. The van der Waals surface area contributed by atoms with E-state index in [4.69, 9.17) is 9.47 Å². The summed E-state index contributed by atoms with van der Waals surface area (Å²) >= 11 is 0. The fourth-order valence-corrected chi connectivity index (χ4v) is 1.97. The van der Waals surface area contributed by atoms with Gasteiger partial charge in [-0.2, -0.15) is 0 Å². The van der Waals surface area contributed by atoms with Crippen molar-refractivity contribution in [3.63, 3.8) is 0 Å². The average molecular weight is 330 g/mol. The molecule has 128 valence electrons. The molecule has 1 aromatic heterocycles. The SMILES string of the molecule is CCC(C)Nc1cnc(C(=O)Nc2cc(OC)ccc2OC)cn1. The van der Waals surface area contributed by atoms with Crippen LogP contribution in [0.5, 0.6) is 11.5 Å². The highest BCUT2D eigenvalue weighted by atomic mass is 16.5. The van der Waals surface area contributed by atoms with Gasteiger partial charge in [0.05, 0.1) is 32.3 Å². The van der Waals surface area contributed by atoms with Gasteiger partial charge in [-0.05, 0) is 25.5 Å². The number of carbonyl (C=O) groups is 1. The Morgan fingerprint density at radius 1 is 1.21 bits per heavy atom. The zero-order valence-corrected chi connectivity index (χ0v) is 14.3. The predicted molar refractivity (Wildman–Crippen MR) is 92.9 cm³/mol. The van der Waals surface area contributed by atoms with E-state index in [1.54, 1.807) is 31.5 Å². The van der Waals surface area contributed by atoms with E-state index < -0.39 is 0 Å². The molecule has 1 aromatic carbocycles. The normalized spacial score (nSPS) is 11.5. The number of amides is 1. The van der Waals surface area contributed by atoms with E-state index in [0.29, 0.717) is 29.0 Å². The van der Waals surface area contributed by atoms with Gasteiger partial charge in [0.25, 0.3) is 5.91 Å². The van der Waals surface area contributed by atoms with Crippen LogP contribution in [0.25, 0.3) is 0 Å². The minimum absolute atomic E-state index is 0.217. The van der Waals surface area contributed by atoms with Crippen LogP contribution in [-0.2, 0) is 0 Å². The zero-order chi connectivity index (χ0) is 17.5. The molecule has 2 rings (SSSR count). The van der Waals surface area contributed by atoms with Crippen LogP contribution < -0.4 is 20.1 Å². The predicted octanol–water partition coefficient (Wildman–Crippen LogP) is 2.96. The molecule has 0 fully saturated rings. The number of benzene rings is 1. The van der Waals surface area contributed by atoms with E-state index in [9.17, 15) is 4.79 Å². The lowest BCUT2D eigenvalue weighted by Gasteiger charge is -2.13. The van der Waals surface area contributed by atoms with Gasteiger partial charge in [-0.15, -0.1) is 0 Å². The van der Waals surface area contributed by atoms with Crippen molar-refractivity contribution in [3.8, 4) is 11.5 Å². The number of methoxy groups -OCH3 is 2. The van der Waals surface area contributed by atoms with Gasteiger partial charge in [0.1, 0.15) is 23.0 Å². The summed E-state index contributed by atoms with van der Waals surface area (Å²) in [6.07, 6.45) is 3.95. The molecule has 0 spiro atoms. The molecule has 7 heteroatoms. The number of aromatic nitrogens is 2. The summed E-state index contributed by atoms with van der Waals surface area (Å²) in [7, 11) is 3.09. The topological polar surface area (TPSA) is 85.4 Å². The van der Waals surface area contributed by atoms with Crippen LogP contribution in [-0.4, -0.2) is 36.1 Å². The molecule has 24 heavy (non-hydrogen) atoms. The van der Waals surface area contributed by atoms with Crippen molar-refractivity contribution < 1.29 is 14.3 Å². The van der Waals surface area contributed by atoms with Crippen molar-refractivity contribution in [1.29, 1.82) is 0 Å². The molecular weight excluding hydrogens is 308 g/mol. The highest BCUT2D eigenvalue weighted by Crippen LogP contribution is 2.29. The van der Waals surface area contributed by atoms with Gasteiger partial charge in [0, 0.05) is 12.1 Å². The van der Waals surface area contributed by atoms with Crippen molar-refractivity contribution in [2.45, 2.75) is 26.3 Å². The molecule has 0 radical (unpaired) electrons. The van der Waals surface area contributed by atoms with Gasteiger partial charge < -0.3 is 20.1 Å². The van der Waals surface area contributed by atoms with Crippen LogP contribution in [0.4, 0.5) is 11.5 Å². The molecule has 0 saturated carbocycles. The monoisotopic (exact) mass is 330 g/mol. The minimum atomic E-state index is -0.371. The van der Waals surface area contributed by atoms with E-state index in [-0.39, 0.29) is 11.6 Å². The molecular formula is C17H22N4O3. The number of ether oxygens (including phenoxy) is 2. The number of hydrogen-bond acceptors (Lipinski definition) is 6. The van der Waals surface area contributed by atoms with Crippen LogP contribution >= 0.6 is 0 Å². The van der Waals surface area contributed by atoms with Gasteiger partial charge in [0.2, 0.25) is 0 Å². The van der Waals surface area contributed by atoms with E-state index in [0.717, 1.165) is 6.42 Å². The molecule has 0 saturated heterocycles. The Labute approximate surface area is 141 Å². The first-order valence-electron chi connectivity index (χ1n) is 7.69. The van der Waals surface area contributed by atoms with E-state index in [1.165, 1.54) is 13.3 Å². The number of nitrogens with one attached hydrogen (secondary N) is 2. The van der Waals surface area contributed by atoms with Gasteiger partial charge in [-0.1, -0.05) is 6.92 Å². The fraction of sp³-hybridized carbons (Fsp3) is 0.353. The number of anilines is 2. The van der Waals surface area contributed by atoms with Crippen LogP contribution in [0.3, 0.4) is 0 Å². The van der Waals surface area contributed by atoms with E-state index in [1.807, 2.05) is 0 Å². The maximum absolute atomic E-state index is 12.3. The number of nitrogens with zero attached hydrogens (tertiary/aromatic N) is 2. The third kappa shape index (κ3) is 4.34. The average Bonchev–Trinajstić information content (AvgIpc) is 2.62. The maximum atomic E-state index is 12.3. The summed E-state index contributed by atoms with van der Waals surface area (Å²) in [5.41, 5.74) is 0.722. The smallest absolute Gasteiger partial charge is 0.275 e. The molecule has 1 unspecified atom stereocenters. The van der Waals surface area contributed by atoms with Crippen LogP contribution in [0.2, 0.25) is 0 Å². The molecule has 2 aromatic rings. The molecule has 7 nitrogen and oxygen atoms in total. The minimum Gasteiger partial charge on any atom is -0.497 e.